The number of rotatable bonds is 8. The van der Waals surface area contributed by atoms with Crippen LogP contribution < -0.4 is 5.32 Å². The van der Waals surface area contributed by atoms with Crippen LogP contribution in [-0.2, 0) is 26.2 Å². The van der Waals surface area contributed by atoms with E-state index in [1.165, 1.54) is 7.11 Å². The second kappa shape index (κ2) is 10.8. The van der Waals surface area contributed by atoms with Crippen molar-refractivity contribution in [3.8, 4) is 0 Å². The monoisotopic (exact) mass is 463 g/mol. The van der Waals surface area contributed by atoms with Crippen molar-refractivity contribution in [2.75, 3.05) is 7.11 Å². The number of benzene rings is 4. The number of hydrogen-bond acceptors (Lipinski definition) is 3. The third-order valence-corrected chi connectivity index (χ3v) is 6.31. The molecule has 4 aromatic carbocycles. The first-order chi connectivity index (χ1) is 17.1. The quantitative estimate of drug-likeness (QED) is 0.288. The zero-order chi connectivity index (χ0) is 24.7. The van der Waals surface area contributed by atoms with E-state index in [4.69, 9.17) is 4.74 Å². The molecule has 0 unspecified atom stereocenters. The molecule has 0 spiro atoms. The summed E-state index contributed by atoms with van der Waals surface area (Å²) in [5.74, 6) is -0.773. The van der Waals surface area contributed by atoms with Crippen LogP contribution in [0.4, 0.5) is 0 Å². The van der Waals surface area contributed by atoms with Gasteiger partial charge in [0.25, 0.3) is 0 Å². The largest absolute Gasteiger partial charge is 0.467 e. The van der Waals surface area contributed by atoms with Crippen molar-refractivity contribution in [3.05, 3.63) is 143 Å². The molecule has 0 aliphatic heterocycles. The van der Waals surface area contributed by atoms with Crippen molar-refractivity contribution in [1.29, 1.82) is 0 Å². The molecule has 0 saturated heterocycles. The Balaban J connectivity index is 1.84. The highest BCUT2D eigenvalue weighted by Crippen LogP contribution is 2.39. The van der Waals surface area contributed by atoms with Gasteiger partial charge in [0, 0.05) is 6.42 Å². The molecule has 1 amide bonds. The number of nitrogens with one attached hydrogen (secondary N) is 1. The van der Waals surface area contributed by atoms with Crippen molar-refractivity contribution >= 4 is 11.9 Å². The summed E-state index contributed by atoms with van der Waals surface area (Å²) in [6.45, 7) is 2.01. The van der Waals surface area contributed by atoms with Gasteiger partial charge in [0.05, 0.1) is 7.11 Å². The maximum atomic E-state index is 14.4. The fourth-order valence-corrected chi connectivity index (χ4v) is 4.52. The van der Waals surface area contributed by atoms with E-state index in [0.29, 0.717) is 6.42 Å². The lowest BCUT2D eigenvalue weighted by atomic mass is 9.68. The van der Waals surface area contributed by atoms with Crippen LogP contribution in [-0.4, -0.2) is 25.0 Å². The van der Waals surface area contributed by atoms with Crippen molar-refractivity contribution in [1.82, 2.24) is 5.32 Å². The van der Waals surface area contributed by atoms with Crippen LogP contribution in [0.3, 0.4) is 0 Å². The average molecular weight is 464 g/mol. The van der Waals surface area contributed by atoms with E-state index >= 15 is 0 Å². The summed E-state index contributed by atoms with van der Waals surface area (Å²) in [7, 11) is 1.34. The normalized spacial score (nSPS) is 11.9. The summed E-state index contributed by atoms with van der Waals surface area (Å²) in [5.41, 5.74) is 3.35. The average Bonchev–Trinajstić information content (AvgIpc) is 2.91. The molecule has 0 aromatic heterocycles. The van der Waals surface area contributed by atoms with E-state index in [9.17, 15) is 9.59 Å². The summed E-state index contributed by atoms with van der Waals surface area (Å²) in [6.07, 6.45) is 0.327. The van der Waals surface area contributed by atoms with Gasteiger partial charge in [0.15, 0.2) is 0 Å². The summed E-state index contributed by atoms with van der Waals surface area (Å²) >= 11 is 0. The molecule has 4 heteroatoms. The third-order valence-electron chi connectivity index (χ3n) is 6.31. The fraction of sp³-hybridized carbons (Fsp3) is 0.161. The lowest BCUT2D eigenvalue weighted by Crippen LogP contribution is -2.52. The smallest absolute Gasteiger partial charge is 0.328 e. The van der Waals surface area contributed by atoms with Crippen LogP contribution >= 0.6 is 0 Å². The molecule has 176 valence electrons. The van der Waals surface area contributed by atoms with Gasteiger partial charge in [0.1, 0.15) is 11.5 Å². The Bertz CT molecular complexity index is 1160. The van der Waals surface area contributed by atoms with Crippen LogP contribution in [0.1, 0.15) is 27.8 Å². The Morgan fingerprint density at radius 2 is 1.14 bits per heavy atom. The predicted molar refractivity (Wildman–Crippen MR) is 138 cm³/mol. The predicted octanol–water partition coefficient (Wildman–Crippen LogP) is 5.23. The van der Waals surface area contributed by atoms with Gasteiger partial charge in [-0.25, -0.2) is 4.79 Å². The first-order valence-corrected chi connectivity index (χ1v) is 11.7. The summed E-state index contributed by atoms with van der Waals surface area (Å²) in [6, 6.07) is 36.1. The van der Waals surface area contributed by atoms with Gasteiger partial charge in [-0.1, -0.05) is 121 Å². The minimum atomic E-state index is -1.16. The van der Waals surface area contributed by atoms with Crippen molar-refractivity contribution in [2.45, 2.75) is 24.8 Å². The highest BCUT2D eigenvalue weighted by Gasteiger charge is 2.45. The van der Waals surface area contributed by atoms with Crippen LogP contribution in [0.2, 0.25) is 0 Å². The van der Waals surface area contributed by atoms with Gasteiger partial charge >= 0.3 is 5.97 Å². The zero-order valence-corrected chi connectivity index (χ0v) is 20.0. The summed E-state index contributed by atoms with van der Waals surface area (Å²) in [5, 5.41) is 3.05. The molecule has 35 heavy (non-hydrogen) atoms. The highest BCUT2D eigenvalue weighted by atomic mass is 16.5. The summed E-state index contributed by atoms with van der Waals surface area (Å²) in [4.78, 5) is 27.2. The first kappa shape index (κ1) is 24.0. The van der Waals surface area contributed by atoms with Crippen LogP contribution in [0.25, 0.3) is 0 Å². The van der Waals surface area contributed by atoms with E-state index in [0.717, 1.165) is 27.8 Å². The lowest BCUT2D eigenvalue weighted by Gasteiger charge is -2.35. The molecule has 4 rings (SSSR count). The first-order valence-electron chi connectivity index (χ1n) is 11.7. The molecule has 1 N–H and O–H groups in total. The fourth-order valence-electron chi connectivity index (χ4n) is 4.52. The van der Waals surface area contributed by atoms with Gasteiger partial charge in [-0.05, 0) is 29.2 Å². The van der Waals surface area contributed by atoms with E-state index in [2.05, 4.69) is 5.32 Å². The van der Waals surface area contributed by atoms with Crippen molar-refractivity contribution in [3.63, 3.8) is 0 Å². The van der Waals surface area contributed by atoms with E-state index in [-0.39, 0.29) is 5.91 Å². The summed E-state index contributed by atoms with van der Waals surface area (Å²) < 4.78 is 5.09. The molecule has 0 saturated carbocycles. The van der Waals surface area contributed by atoms with E-state index in [1.54, 1.807) is 0 Å². The minimum Gasteiger partial charge on any atom is -0.467 e. The number of carbonyl (C=O) groups excluding carboxylic acids is 2. The topological polar surface area (TPSA) is 55.4 Å². The number of carbonyl (C=O) groups is 2. The van der Waals surface area contributed by atoms with Gasteiger partial charge in [-0.3, -0.25) is 4.79 Å². The number of aryl methyl sites for hydroxylation is 1. The van der Waals surface area contributed by atoms with Gasteiger partial charge in [-0.15, -0.1) is 0 Å². The Morgan fingerprint density at radius 1 is 0.714 bits per heavy atom. The second-order valence-corrected chi connectivity index (χ2v) is 8.59. The van der Waals surface area contributed by atoms with Gasteiger partial charge in [-0.2, -0.15) is 0 Å². The van der Waals surface area contributed by atoms with Crippen LogP contribution in [0.15, 0.2) is 115 Å². The Kier molecular flexibility index (Phi) is 7.41. The number of esters is 1. The SMILES string of the molecule is COC(=O)[C@H](Cc1ccc(C)cc1)NC(=O)C(c1ccccc1)(c1ccccc1)c1ccccc1. The zero-order valence-electron chi connectivity index (χ0n) is 20.0. The molecule has 1 atom stereocenters. The standard InChI is InChI=1S/C31H29NO3/c1-23-18-20-24(21-19-23)22-28(29(33)35-2)32-30(34)31(25-12-6-3-7-13-25,26-14-8-4-9-15-26)27-16-10-5-11-17-27/h3-21,28H,22H2,1-2H3,(H,32,34)/t28-/m0/s1. The molecule has 4 nitrogen and oxygen atoms in total. The number of amides is 1. The molecule has 0 aliphatic rings. The Morgan fingerprint density at radius 3 is 1.54 bits per heavy atom. The highest BCUT2D eigenvalue weighted by molar-refractivity contribution is 5.98. The molecule has 0 aliphatic carbocycles. The number of hydrogen-bond donors (Lipinski definition) is 1. The van der Waals surface area contributed by atoms with Crippen LogP contribution in [0.5, 0.6) is 0 Å². The molecule has 4 aromatic rings. The maximum Gasteiger partial charge on any atom is 0.328 e. The molecule has 0 bridgehead atoms. The molecule has 0 fully saturated rings. The van der Waals surface area contributed by atoms with Crippen LogP contribution in [0, 0.1) is 6.92 Å². The maximum absolute atomic E-state index is 14.4. The third kappa shape index (κ3) is 5.02. The molecular formula is C31H29NO3. The lowest BCUT2D eigenvalue weighted by molar-refractivity contribution is -0.145. The molecule has 0 heterocycles. The second-order valence-electron chi connectivity index (χ2n) is 8.59. The van der Waals surface area contributed by atoms with Crippen molar-refractivity contribution in [2.24, 2.45) is 0 Å². The van der Waals surface area contributed by atoms with E-state index in [1.807, 2.05) is 122 Å². The Labute approximate surface area is 206 Å². The van der Waals surface area contributed by atoms with E-state index < -0.39 is 17.4 Å². The Hall–Kier alpha value is -4.18. The van der Waals surface area contributed by atoms with Gasteiger partial charge in [0.2, 0.25) is 5.91 Å². The number of methoxy groups -OCH3 is 1. The minimum absolute atomic E-state index is 0.288. The van der Waals surface area contributed by atoms with Gasteiger partial charge < -0.3 is 10.1 Å². The van der Waals surface area contributed by atoms with Crippen molar-refractivity contribution < 1.29 is 14.3 Å². The number of ether oxygens (including phenoxy) is 1. The molecule has 0 radical (unpaired) electrons. The molecular weight excluding hydrogens is 434 g/mol.